The van der Waals surface area contributed by atoms with Gasteiger partial charge in [0.2, 0.25) is 5.91 Å². The Morgan fingerprint density at radius 3 is 2.49 bits per heavy atom. The number of hydrogen-bond donors (Lipinski definition) is 3. The first kappa shape index (κ1) is 36.2. The zero-order chi connectivity index (χ0) is 34.1. The number of carbonyl (C=O) groups is 3. The largest absolute Gasteiger partial charge is 0.490 e. The Morgan fingerprint density at radius 1 is 1.09 bits per heavy atom. The molecule has 0 bridgehead atoms. The van der Waals surface area contributed by atoms with E-state index >= 15 is 0 Å². The van der Waals surface area contributed by atoms with Gasteiger partial charge in [-0.2, -0.15) is 0 Å². The van der Waals surface area contributed by atoms with Crippen molar-refractivity contribution in [2.24, 2.45) is 11.8 Å². The number of ether oxygens (including phenoxy) is 2. The second-order valence-corrected chi connectivity index (χ2v) is 13.3. The van der Waals surface area contributed by atoms with Crippen molar-refractivity contribution >= 4 is 29.2 Å². The Labute approximate surface area is 278 Å². The number of aliphatic hydroxyl groups excluding tert-OH is 1. The third-order valence-electron chi connectivity index (χ3n) is 9.36. The lowest BCUT2D eigenvalue weighted by Gasteiger charge is -2.35. The molecule has 1 fully saturated rings. The lowest BCUT2D eigenvalue weighted by molar-refractivity contribution is -0.120. The van der Waals surface area contributed by atoms with Crippen molar-refractivity contribution in [3.8, 4) is 5.75 Å². The van der Waals surface area contributed by atoms with Gasteiger partial charge in [0, 0.05) is 44.3 Å². The van der Waals surface area contributed by atoms with Crippen LogP contribution in [0.1, 0.15) is 93.9 Å². The summed E-state index contributed by atoms with van der Waals surface area (Å²) < 4.78 is 17.9. The highest BCUT2D eigenvalue weighted by molar-refractivity contribution is 6.00. The summed E-state index contributed by atoms with van der Waals surface area (Å²) in [7, 11) is 1.70. The van der Waals surface area contributed by atoms with Crippen LogP contribution < -0.4 is 15.4 Å². The first-order chi connectivity index (χ1) is 22.5. The summed E-state index contributed by atoms with van der Waals surface area (Å²) in [5, 5.41) is 20.1. The number of amides is 4. The van der Waals surface area contributed by atoms with Gasteiger partial charge < -0.3 is 39.5 Å². The van der Waals surface area contributed by atoms with Gasteiger partial charge in [-0.05, 0) is 78.0 Å². The monoisotopic (exact) mass is 655 g/mol. The topological polar surface area (TPSA) is 146 Å². The standard InChI is InChI=1S/C35H53N5O7/c1-22-19-40(23(2)21-41)34(43)29-18-28(36-33(42)27-13-8-7-9-14-27)15-16-30(29)46-24(3)12-10-11-17-45-31(22)20-39(6)35(44)37-32-25(4)38-47-26(32)5/h15-16,18,22-24,27,31,41H,7-14,17,19-21H2,1-6H3,(H,36,42)(H,37,44)/t22-,23+,24+,31-/m1/s1. The number of fused-ring (bicyclic) bond motifs is 1. The fourth-order valence-corrected chi connectivity index (χ4v) is 6.29. The van der Waals surface area contributed by atoms with E-state index < -0.39 is 12.1 Å². The molecule has 47 heavy (non-hydrogen) atoms. The molecule has 0 radical (unpaired) electrons. The number of aryl methyl sites for hydroxylation is 2. The molecule has 12 heteroatoms. The highest BCUT2D eigenvalue weighted by Crippen LogP contribution is 2.30. The highest BCUT2D eigenvalue weighted by Gasteiger charge is 2.31. The van der Waals surface area contributed by atoms with E-state index in [1.165, 1.54) is 0 Å². The lowest BCUT2D eigenvalue weighted by atomic mass is 9.88. The number of hydrogen-bond acceptors (Lipinski definition) is 8. The van der Waals surface area contributed by atoms with Crippen LogP contribution in [0.25, 0.3) is 0 Å². The molecule has 12 nitrogen and oxygen atoms in total. The van der Waals surface area contributed by atoms with Crippen LogP contribution in [0.15, 0.2) is 22.7 Å². The van der Waals surface area contributed by atoms with Crippen LogP contribution in [0.3, 0.4) is 0 Å². The van der Waals surface area contributed by atoms with Crippen molar-refractivity contribution in [3.05, 3.63) is 35.2 Å². The molecule has 0 spiro atoms. The number of aromatic nitrogens is 1. The summed E-state index contributed by atoms with van der Waals surface area (Å²) in [6.45, 7) is 10.1. The molecule has 1 saturated carbocycles. The summed E-state index contributed by atoms with van der Waals surface area (Å²) >= 11 is 0. The highest BCUT2D eigenvalue weighted by atomic mass is 16.5. The van der Waals surface area contributed by atoms with Crippen molar-refractivity contribution in [2.45, 2.75) is 104 Å². The lowest BCUT2D eigenvalue weighted by Crippen LogP contribution is -2.48. The first-order valence-corrected chi connectivity index (χ1v) is 17.1. The van der Waals surface area contributed by atoms with E-state index in [2.05, 4.69) is 15.8 Å². The number of anilines is 2. The zero-order valence-electron chi connectivity index (χ0n) is 28.8. The number of nitrogens with zero attached hydrogens (tertiary/aromatic N) is 3. The van der Waals surface area contributed by atoms with Gasteiger partial charge in [-0.15, -0.1) is 0 Å². The maximum absolute atomic E-state index is 14.4. The van der Waals surface area contributed by atoms with Gasteiger partial charge in [0.1, 0.15) is 17.1 Å². The number of rotatable bonds is 7. The molecule has 3 N–H and O–H groups in total. The number of likely N-dealkylation sites (N-methyl/N-ethyl adjacent to an activating group) is 1. The van der Waals surface area contributed by atoms with E-state index in [-0.39, 0.29) is 55.5 Å². The smallest absolute Gasteiger partial charge is 0.321 e. The molecular formula is C35H53N5O7. The van der Waals surface area contributed by atoms with Gasteiger partial charge in [-0.25, -0.2) is 4.79 Å². The molecule has 1 aliphatic heterocycles. The quantitative estimate of drug-likeness (QED) is 0.341. The Kier molecular flexibility index (Phi) is 13.1. The molecule has 0 saturated heterocycles. The van der Waals surface area contributed by atoms with Crippen molar-refractivity contribution in [1.82, 2.24) is 15.0 Å². The first-order valence-electron chi connectivity index (χ1n) is 17.1. The van der Waals surface area contributed by atoms with Crippen LogP contribution in [0, 0.1) is 25.7 Å². The van der Waals surface area contributed by atoms with Gasteiger partial charge in [-0.1, -0.05) is 31.3 Å². The average Bonchev–Trinajstić information content (AvgIpc) is 3.38. The van der Waals surface area contributed by atoms with Gasteiger partial charge in [-0.3, -0.25) is 9.59 Å². The number of carbonyl (C=O) groups excluding carboxylic acids is 3. The molecule has 4 atom stereocenters. The van der Waals surface area contributed by atoms with Gasteiger partial charge in [0.15, 0.2) is 5.76 Å². The van der Waals surface area contributed by atoms with Crippen LogP contribution in [0.2, 0.25) is 0 Å². The van der Waals surface area contributed by atoms with E-state index in [0.717, 1.165) is 51.4 Å². The molecule has 1 aliphatic carbocycles. The molecule has 2 heterocycles. The van der Waals surface area contributed by atoms with Crippen LogP contribution in [0.5, 0.6) is 5.75 Å². The normalized spacial score (nSPS) is 22.4. The predicted molar refractivity (Wildman–Crippen MR) is 180 cm³/mol. The summed E-state index contributed by atoms with van der Waals surface area (Å²) in [6.07, 6.45) is 6.86. The van der Waals surface area contributed by atoms with Crippen molar-refractivity contribution in [2.75, 3.05) is 44.0 Å². The Morgan fingerprint density at radius 2 is 1.81 bits per heavy atom. The van der Waals surface area contributed by atoms with E-state index in [9.17, 15) is 19.5 Å². The maximum Gasteiger partial charge on any atom is 0.321 e. The number of nitrogens with one attached hydrogen (secondary N) is 2. The molecule has 4 rings (SSSR count). The molecule has 260 valence electrons. The fraction of sp³-hybridized carbons (Fsp3) is 0.657. The fourth-order valence-electron chi connectivity index (χ4n) is 6.29. The van der Waals surface area contributed by atoms with Crippen molar-refractivity contribution in [3.63, 3.8) is 0 Å². The summed E-state index contributed by atoms with van der Waals surface area (Å²) in [4.78, 5) is 43.8. The Bertz CT molecular complexity index is 1340. The van der Waals surface area contributed by atoms with E-state index in [0.29, 0.717) is 40.7 Å². The third-order valence-corrected chi connectivity index (χ3v) is 9.36. The van der Waals surface area contributed by atoms with Crippen LogP contribution in [-0.2, 0) is 9.53 Å². The number of aliphatic hydroxyl groups is 1. The van der Waals surface area contributed by atoms with Crippen molar-refractivity contribution < 1.29 is 33.5 Å². The zero-order valence-corrected chi connectivity index (χ0v) is 28.8. The Hall–Kier alpha value is -3.64. The molecule has 2 aliphatic rings. The average molecular weight is 656 g/mol. The van der Waals surface area contributed by atoms with Gasteiger partial charge >= 0.3 is 6.03 Å². The molecular weight excluding hydrogens is 602 g/mol. The summed E-state index contributed by atoms with van der Waals surface area (Å²) in [5.74, 6) is 0.398. The maximum atomic E-state index is 14.4. The van der Waals surface area contributed by atoms with E-state index in [1.807, 2.05) is 13.8 Å². The van der Waals surface area contributed by atoms with Crippen LogP contribution in [-0.4, -0.2) is 89.5 Å². The second kappa shape index (κ2) is 17.0. The van der Waals surface area contributed by atoms with Gasteiger partial charge in [0.25, 0.3) is 5.91 Å². The number of urea groups is 1. The number of benzene rings is 1. The van der Waals surface area contributed by atoms with Crippen molar-refractivity contribution in [1.29, 1.82) is 0 Å². The third kappa shape index (κ3) is 9.70. The minimum Gasteiger partial charge on any atom is -0.490 e. The molecule has 2 aromatic rings. The van der Waals surface area contributed by atoms with Gasteiger partial charge in [0.05, 0.1) is 30.4 Å². The predicted octanol–water partition coefficient (Wildman–Crippen LogP) is 5.77. The summed E-state index contributed by atoms with van der Waals surface area (Å²) in [5.41, 5.74) is 2.01. The minimum absolute atomic E-state index is 0.0241. The van der Waals surface area contributed by atoms with E-state index in [4.69, 9.17) is 14.0 Å². The molecule has 1 aromatic carbocycles. The second-order valence-electron chi connectivity index (χ2n) is 13.3. The molecule has 1 aromatic heterocycles. The summed E-state index contributed by atoms with van der Waals surface area (Å²) in [6, 6.07) is 4.41. The van der Waals surface area contributed by atoms with Crippen LogP contribution in [0.4, 0.5) is 16.2 Å². The Balaban J connectivity index is 1.58. The molecule has 0 unspecified atom stereocenters. The SMILES string of the molecule is Cc1noc(C)c1NC(=O)N(C)C[C@H]1OCCCC[C@H](C)Oc2ccc(NC(=O)C3CCCCC3)cc2C(=O)N([C@@H](C)CO)C[C@H]1C. The minimum atomic E-state index is -0.509. The van der Waals surface area contributed by atoms with Crippen LogP contribution >= 0.6 is 0 Å². The molecule has 4 amide bonds. The van der Waals surface area contributed by atoms with E-state index in [1.54, 1.807) is 55.8 Å².